The van der Waals surface area contributed by atoms with Crippen LogP contribution in [0.5, 0.6) is 0 Å². The van der Waals surface area contributed by atoms with Crippen molar-refractivity contribution in [2.24, 2.45) is 0 Å². The molecule has 0 atom stereocenters. The minimum absolute atomic E-state index is 0.810. The van der Waals surface area contributed by atoms with E-state index in [0.29, 0.717) is 0 Å². The van der Waals surface area contributed by atoms with Gasteiger partial charge in [0.2, 0.25) is 0 Å². The number of fused-ring (bicyclic) bond motifs is 5. The Bertz CT molecular complexity index is 835. The number of hydrogen-bond acceptors (Lipinski definition) is 4. The third kappa shape index (κ3) is 1.45. The summed E-state index contributed by atoms with van der Waals surface area (Å²) in [6.45, 7) is 6.21. The summed E-state index contributed by atoms with van der Waals surface area (Å²) in [6.07, 6.45) is 1.09. The topological polar surface area (TPSA) is 43.1 Å². The number of nitrogens with zero attached hydrogens (tertiary/aromatic N) is 4. The Morgan fingerprint density at radius 2 is 2.05 bits per heavy atom. The van der Waals surface area contributed by atoms with Crippen LogP contribution < -0.4 is 0 Å². The molecule has 0 saturated heterocycles. The lowest BCUT2D eigenvalue weighted by atomic mass is 10.1. The molecule has 0 saturated carbocycles. The summed E-state index contributed by atoms with van der Waals surface area (Å²) < 4.78 is 1.99. The maximum atomic E-state index is 4.77. The van der Waals surface area contributed by atoms with Gasteiger partial charge < -0.3 is 0 Å². The molecule has 0 bridgehead atoms. The van der Waals surface area contributed by atoms with E-state index in [2.05, 4.69) is 30.0 Å². The van der Waals surface area contributed by atoms with Crippen molar-refractivity contribution in [3.63, 3.8) is 0 Å². The maximum Gasteiger partial charge on any atom is 0.184 e. The lowest BCUT2D eigenvalue weighted by molar-refractivity contribution is 0.819. The molecule has 3 aromatic heterocycles. The van der Waals surface area contributed by atoms with Crippen molar-refractivity contribution in [3.8, 4) is 0 Å². The van der Waals surface area contributed by atoms with Gasteiger partial charge in [0, 0.05) is 22.7 Å². The predicted molar refractivity (Wildman–Crippen MR) is 76.9 cm³/mol. The van der Waals surface area contributed by atoms with Crippen molar-refractivity contribution in [2.45, 2.75) is 32.2 Å². The molecule has 0 amide bonds. The number of hydrogen-bond donors (Lipinski definition) is 0. The van der Waals surface area contributed by atoms with Crippen LogP contribution in [0.1, 0.15) is 22.5 Å². The Hall–Kier alpha value is -1.62. The largest absolute Gasteiger partial charge is 0.233 e. The fourth-order valence-corrected chi connectivity index (χ4v) is 4.03. The van der Waals surface area contributed by atoms with E-state index in [0.717, 1.165) is 40.2 Å². The first-order valence-corrected chi connectivity index (χ1v) is 7.42. The van der Waals surface area contributed by atoms with Gasteiger partial charge in [-0.25, -0.2) is 14.5 Å². The molecule has 3 aromatic rings. The normalized spacial score (nSPS) is 14.5. The van der Waals surface area contributed by atoms with Gasteiger partial charge in [0.25, 0.3) is 0 Å². The van der Waals surface area contributed by atoms with Gasteiger partial charge in [0.1, 0.15) is 5.03 Å². The Morgan fingerprint density at radius 3 is 2.89 bits per heavy atom. The van der Waals surface area contributed by atoms with E-state index in [1.165, 1.54) is 16.2 Å². The lowest BCUT2D eigenvalue weighted by Gasteiger charge is -2.05. The van der Waals surface area contributed by atoms with Gasteiger partial charge in [0.15, 0.2) is 11.3 Å². The highest BCUT2D eigenvalue weighted by molar-refractivity contribution is 7.99. The van der Waals surface area contributed by atoms with Crippen molar-refractivity contribution in [2.75, 3.05) is 5.75 Å². The molecule has 0 aromatic carbocycles. The van der Waals surface area contributed by atoms with E-state index in [1.807, 2.05) is 23.2 Å². The van der Waals surface area contributed by atoms with Gasteiger partial charge in [-0.05, 0) is 38.8 Å². The first kappa shape index (κ1) is 11.2. The van der Waals surface area contributed by atoms with E-state index >= 15 is 0 Å². The summed E-state index contributed by atoms with van der Waals surface area (Å²) in [5.74, 6) is 1.12. The molecule has 5 heteroatoms. The minimum Gasteiger partial charge on any atom is -0.233 e. The number of pyridine rings is 1. The van der Waals surface area contributed by atoms with Crippen LogP contribution in [0.3, 0.4) is 0 Å². The molecule has 0 radical (unpaired) electrons. The van der Waals surface area contributed by atoms with Crippen LogP contribution in [0.25, 0.3) is 16.7 Å². The van der Waals surface area contributed by atoms with E-state index in [-0.39, 0.29) is 0 Å². The summed E-state index contributed by atoms with van der Waals surface area (Å²) in [5.41, 5.74) is 6.45. The van der Waals surface area contributed by atoms with Gasteiger partial charge >= 0.3 is 0 Å². The van der Waals surface area contributed by atoms with E-state index in [9.17, 15) is 0 Å². The molecule has 4 rings (SSSR count). The molecule has 1 aliphatic heterocycles. The first-order chi connectivity index (χ1) is 9.15. The monoisotopic (exact) mass is 270 g/mol. The Morgan fingerprint density at radius 1 is 1.21 bits per heavy atom. The summed E-state index contributed by atoms with van der Waals surface area (Å²) in [4.78, 5) is 9.32. The van der Waals surface area contributed by atoms with Crippen LogP contribution in [-0.4, -0.2) is 25.3 Å². The van der Waals surface area contributed by atoms with Gasteiger partial charge in [-0.15, -0.1) is 16.9 Å². The van der Waals surface area contributed by atoms with Crippen LogP contribution in [0.15, 0.2) is 11.1 Å². The average molecular weight is 270 g/mol. The summed E-state index contributed by atoms with van der Waals surface area (Å²) in [6, 6.07) is 2.10. The van der Waals surface area contributed by atoms with Crippen molar-refractivity contribution in [1.82, 2.24) is 19.6 Å². The highest BCUT2D eigenvalue weighted by Gasteiger charge is 2.22. The number of aryl methyl sites for hydroxylation is 3. The van der Waals surface area contributed by atoms with Crippen LogP contribution in [-0.2, 0) is 6.42 Å². The third-order valence-corrected chi connectivity index (χ3v) is 4.80. The average Bonchev–Trinajstić information content (AvgIpc) is 2.92. The Balaban J connectivity index is 2.24. The second-order valence-electron chi connectivity index (χ2n) is 5.09. The maximum absolute atomic E-state index is 4.77. The van der Waals surface area contributed by atoms with Crippen LogP contribution in [0, 0.1) is 20.8 Å². The van der Waals surface area contributed by atoms with Crippen LogP contribution in [0.4, 0.5) is 0 Å². The standard InChI is InChI=1S/C14H14N4S/c1-7-6-8(2)15-12-11(7)13-16-9(3)10-4-5-19-14(10)18(13)17-12/h6H,4-5H2,1-3H3. The van der Waals surface area contributed by atoms with Gasteiger partial charge in [-0.3, -0.25) is 0 Å². The van der Waals surface area contributed by atoms with Gasteiger partial charge in [0.05, 0.1) is 5.39 Å². The van der Waals surface area contributed by atoms with Crippen molar-refractivity contribution in [1.29, 1.82) is 0 Å². The van der Waals surface area contributed by atoms with Crippen LogP contribution in [0.2, 0.25) is 0 Å². The first-order valence-electron chi connectivity index (χ1n) is 6.44. The molecule has 19 heavy (non-hydrogen) atoms. The SMILES string of the molecule is Cc1cc(C)c2c(n1)nn1c3c(c(C)nc21)CCS3. The van der Waals surface area contributed by atoms with Crippen molar-refractivity contribution in [3.05, 3.63) is 28.6 Å². The smallest absolute Gasteiger partial charge is 0.184 e. The summed E-state index contributed by atoms with van der Waals surface area (Å²) in [5, 5.41) is 7.01. The fraction of sp³-hybridized carbons (Fsp3) is 0.357. The second-order valence-corrected chi connectivity index (χ2v) is 6.18. The number of thioether (sulfide) groups is 1. The summed E-state index contributed by atoms with van der Waals surface area (Å²) in [7, 11) is 0. The van der Waals surface area contributed by atoms with E-state index in [4.69, 9.17) is 4.98 Å². The molecule has 0 N–H and O–H groups in total. The second kappa shape index (κ2) is 3.70. The van der Waals surface area contributed by atoms with Crippen molar-refractivity contribution >= 4 is 28.4 Å². The van der Waals surface area contributed by atoms with E-state index in [1.54, 1.807) is 0 Å². The number of aromatic nitrogens is 4. The Labute approximate surface area is 115 Å². The molecular weight excluding hydrogens is 256 g/mol. The number of rotatable bonds is 0. The zero-order valence-corrected chi connectivity index (χ0v) is 12.0. The molecule has 0 aliphatic carbocycles. The minimum atomic E-state index is 0.810. The fourth-order valence-electron chi connectivity index (χ4n) is 2.85. The molecule has 0 fully saturated rings. The molecule has 4 nitrogen and oxygen atoms in total. The molecule has 4 heterocycles. The van der Waals surface area contributed by atoms with Gasteiger partial charge in [-0.1, -0.05) is 0 Å². The zero-order chi connectivity index (χ0) is 13.1. The molecule has 0 unspecified atom stereocenters. The Kier molecular flexibility index (Phi) is 2.18. The molecule has 96 valence electrons. The van der Waals surface area contributed by atoms with Crippen LogP contribution >= 0.6 is 11.8 Å². The predicted octanol–water partition coefficient (Wildman–Crippen LogP) is 2.85. The molecule has 0 spiro atoms. The summed E-state index contributed by atoms with van der Waals surface area (Å²) >= 11 is 1.87. The third-order valence-electron chi connectivity index (χ3n) is 3.70. The molecular formula is C14H14N4S. The lowest BCUT2D eigenvalue weighted by Crippen LogP contribution is -2.00. The highest BCUT2D eigenvalue weighted by atomic mass is 32.2. The van der Waals surface area contributed by atoms with E-state index < -0.39 is 0 Å². The van der Waals surface area contributed by atoms with Crippen molar-refractivity contribution < 1.29 is 0 Å². The quantitative estimate of drug-likeness (QED) is 0.589. The molecule has 1 aliphatic rings. The van der Waals surface area contributed by atoms with Gasteiger partial charge in [-0.2, -0.15) is 0 Å². The zero-order valence-electron chi connectivity index (χ0n) is 11.2. The highest BCUT2D eigenvalue weighted by Crippen LogP contribution is 2.35.